The Balaban J connectivity index is 1.82. The van der Waals surface area contributed by atoms with Gasteiger partial charge < -0.3 is 14.4 Å². The quantitative estimate of drug-likeness (QED) is 0.618. The molecule has 1 aliphatic heterocycles. The van der Waals surface area contributed by atoms with Gasteiger partial charge in [0.05, 0.1) is 24.2 Å². The Bertz CT molecular complexity index is 836. The number of nitro benzene ring substituents is 1. The van der Waals surface area contributed by atoms with Crippen molar-refractivity contribution in [2.45, 2.75) is 19.4 Å². The zero-order valence-corrected chi connectivity index (χ0v) is 14.7. The zero-order chi connectivity index (χ0) is 18.7. The van der Waals surface area contributed by atoms with E-state index in [1.807, 2.05) is 6.92 Å². The van der Waals surface area contributed by atoms with E-state index in [4.69, 9.17) is 9.47 Å². The van der Waals surface area contributed by atoms with Crippen LogP contribution < -0.4 is 9.47 Å². The van der Waals surface area contributed by atoms with Crippen molar-refractivity contribution < 1.29 is 19.2 Å². The van der Waals surface area contributed by atoms with Gasteiger partial charge in [0.2, 0.25) is 0 Å². The fourth-order valence-corrected chi connectivity index (χ4v) is 2.80. The van der Waals surface area contributed by atoms with Gasteiger partial charge in [0, 0.05) is 31.2 Å². The molecular formula is C19H20N2O5. The first kappa shape index (κ1) is 17.7. The number of nitrogens with zero attached hydrogens (tertiary/aromatic N) is 2. The van der Waals surface area contributed by atoms with E-state index in [0.29, 0.717) is 35.8 Å². The first-order valence-corrected chi connectivity index (χ1v) is 8.38. The summed E-state index contributed by atoms with van der Waals surface area (Å²) in [7, 11) is 1.68. The lowest BCUT2D eigenvalue weighted by Crippen LogP contribution is -2.29. The molecule has 0 radical (unpaired) electrons. The molecular weight excluding hydrogens is 336 g/mol. The van der Waals surface area contributed by atoms with E-state index in [-0.39, 0.29) is 17.6 Å². The first-order valence-electron chi connectivity index (χ1n) is 8.38. The van der Waals surface area contributed by atoms with Gasteiger partial charge in [-0.25, -0.2) is 0 Å². The maximum atomic E-state index is 12.8. The molecule has 1 heterocycles. The van der Waals surface area contributed by atoms with Crippen molar-refractivity contribution >= 4 is 11.6 Å². The van der Waals surface area contributed by atoms with Gasteiger partial charge in [-0.3, -0.25) is 14.9 Å². The topological polar surface area (TPSA) is 81.9 Å². The van der Waals surface area contributed by atoms with Crippen molar-refractivity contribution in [2.24, 2.45) is 0 Å². The molecule has 0 bridgehead atoms. The average molecular weight is 356 g/mol. The minimum atomic E-state index is -0.443. The van der Waals surface area contributed by atoms with E-state index in [0.717, 1.165) is 6.42 Å². The highest BCUT2D eigenvalue weighted by molar-refractivity contribution is 5.95. The second-order valence-corrected chi connectivity index (χ2v) is 6.16. The van der Waals surface area contributed by atoms with Gasteiger partial charge in [-0.2, -0.15) is 0 Å². The number of amides is 1. The highest BCUT2D eigenvalue weighted by Crippen LogP contribution is 2.32. The third-order valence-corrected chi connectivity index (χ3v) is 4.46. The molecule has 2 aromatic carbocycles. The van der Waals surface area contributed by atoms with Crippen molar-refractivity contribution in [1.82, 2.24) is 4.90 Å². The third kappa shape index (κ3) is 3.61. The Labute approximate surface area is 151 Å². The summed E-state index contributed by atoms with van der Waals surface area (Å²) in [5, 5.41) is 11.0. The SMILES string of the molecule is CC(c1cccc([N+](=O)[O-])c1)N(C)C(=O)c1ccc2c(c1)OCCCO2. The first-order chi connectivity index (χ1) is 12.5. The van der Waals surface area contributed by atoms with Crippen LogP contribution >= 0.6 is 0 Å². The molecule has 136 valence electrons. The predicted octanol–water partition coefficient (Wildman–Crippen LogP) is 3.59. The van der Waals surface area contributed by atoms with Crippen LogP contribution in [0.4, 0.5) is 5.69 Å². The number of nitro groups is 1. The van der Waals surface area contributed by atoms with Crippen molar-refractivity contribution in [3.63, 3.8) is 0 Å². The van der Waals surface area contributed by atoms with Gasteiger partial charge in [0.25, 0.3) is 11.6 Å². The number of non-ortho nitro benzene ring substituents is 1. The van der Waals surface area contributed by atoms with Crippen LogP contribution in [0.3, 0.4) is 0 Å². The van der Waals surface area contributed by atoms with E-state index in [1.54, 1.807) is 42.3 Å². The Morgan fingerprint density at radius 3 is 2.62 bits per heavy atom. The van der Waals surface area contributed by atoms with Gasteiger partial charge in [-0.1, -0.05) is 12.1 Å². The van der Waals surface area contributed by atoms with Crippen LogP contribution in [-0.4, -0.2) is 36.0 Å². The summed E-state index contributed by atoms with van der Waals surface area (Å²) in [6, 6.07) is 11.1. The molecule has 2 aromatic rings. The summed E-state index contributed by atoms with van der Waals surface area (Å²) in [6.07, 6.45) is 0.793. The van der Waals surface area contributed by atoms with Gasteiger partial charge in [-0.05, 0) is 30.7 Å². The predicted molar refractivity (Wildman–Crippen MR) is 95.7 cm³/mol. The van der Waals surface area contributed by atoms with Crippen LogP contribution in [0.5, 0.6) is 11.5 Å². The molecule has 26 heavy (non-hydrogen) atoms. The average Bonchev–Trinajstić information content (AvgIpc) is 2.91. The molecule has 0 N–H and O–H groups in total. The number of fused-ring (bicyclic) bond motifs is 1. The van der Waals surface area contributed by atoms with Crippen LogP contribution in [0.2, 0.25) is 0 Å². The molecule has 0 fully saturated rings. The molecule has 0 aliphatic carbocycles. The number of benzene rings is 2. The van der Waals surface area contributed by atoms with Crippen LogP contribution in [0.1, 0.15) is 35.3 Å². The van der Waals surface area contributed by atoms with Gasteiger partial charge in [0.1, 0.15) is 0 Å². The van der Waals surface area contributed by atoms with Gasteiger partial charge in [-0.15, -0.1) is 0 Å². The van der Waals surface area contributed by atoms with Crippen molar-refractivity contribution in [1.29, 1.82) is 0 Å². The monoisotopic (exact) mass is 356 g/mol. The third-order valence-electron chi connectivity index (χ3n) is 4.46. The molecule has 1 unspecified atom stereocenters. The smallest absolute Gasteiger partial charge is 0.269 e. The number of carbonyl (C=O) groups is 1. The lowest BCUT2D eigenvalue weighted by atomic mass is 10.1. The van der Waals surface area contributed by atoms with Crippen LogP contribution in [0, 0.1) is 10.1 Å². The largest absolute Gasteiger partial charge is 0.490 e. The molecule has 0 saturated heterocycles. The Hall–Kier alpha value is -3.09. The summed E-state index contributed by atoms with van der Waals surface area (Å²) >= 11 is 0. The molecule has 0 spiro atoms. The van der Waals surface area contributed by atoms with E-state index in [1.165, 1.54) is 12.1 Å². The fourth-order valence-electron chi connectivity index (χ4n) is 2.80. The van der Waals surface area contributed by atoms with Crippen molar-refractivity contribution in [3.8, 4) is 11.5 Å². The molecule has 3 rings (SSSR count). The summed E-state index contributed by atoms with van der Waals surface area (Å²) < 4.78 is 11.2. The lowest BCUT2D eigenvalue weighted by molar-refractivity contribution is -0.384. The van der Waals surface area contributed by atoms with E-state index >= 15 is 0 Å². The van der Waals surface area contributed by atoms with Crippen LogP contribution in [0.15, 0.2) is 42.5 Å². The maximum Gasteiger partial charge on any atom is 0.269 e. The number of hydrogen-bond acceptors (Lipinski definition) is 5. The van der Waals surface area contributed by atoms with Crippen LogP contribution in [0.25, 0.3) is 0 Å². The highest BCUT2D eigenvalue weighted by atomic mass is 16.6. The zero-order valence-electron chi connectivity index (χ0n) is 14.7. The fraction of sp³-hybridized carbons (Fsp3) is 0.316. The minimum Gasteiger partial charge on any atom is -0.490 e. The molecule has 7 nitrogen and oxygen atoms in total. The molecule has 0 aromatic heterocycles. The second kappa shape index (κ2) is 7.43. The number of rotatable bonds is 4. The summed E-state index contributed by atoms with van der Waals surface area (Å²) in [4.78, 5) is 24.9. The summed E-state index contributed by atoms with van der Waals surface area (Å²) in [5.41, 5.74) is 1.18. The molecule has 1 amide bonds. The second-order valence-electron chi connectivity index (χ2n) is 6.16. The van der Waals surface area contributed by atoms with Gasteiger partial charge >= 0.3 is 0 Å². The number of hydrogen-bond donors (Lipinski definition) is 0. The minimum absolute atomic E-state index is 0.00535. The van der Waals surface area contributed by atoms with Gasteiger partial charge in [0.15, 0.2) is 11.5 Å². The number of carbonyl (C=O) groups excluding carboxylic acids is 1. The number of ether oxygens (including phenoxy) is 2. The Morgan fingerprint density at radius 1 is 1.15 bits per heavy atom. The van der Waals surface area contributed by atoms with Crippen molar-refractivity contribution in [3.05, 3.63) is 63.7 Å². The summed E-state index contributed by atoms with van der Waals surface area (Å²) in [6.45, 7) is 2.97. The Morgan fingerprint density at radius 2 is 1.88 bits per heavy atom. The van der Waals surface area contributed by atoms with Crippen LogP contribution in [-0.2, 0) is 0 Å². The highest BCUT2D eigenvalue weighted by Gasteiger charge is 2.22. The summed E-state index contributed by atoms with van der Waals surface area (Å²) in [5.74, 6) is 0.998. The molecule has 0 saturated carbocycles. The van der Waals surface area contributed by atoms with E-state index in [9.17, 15) is 14.9 Å². The molecule has 1 atom stereocenters. The lowest BCUT2D eigenvalue weighted by Gasteiger charge is -2.25. The maximum absolute atomic E-state index is 12.8. The van der Waals surface area contributed by atoms with E-state index in [2.05, 4.69) is 0 Å². The van der Waals surface area contributed by atoms with E-state index < -0.39 is 4.92 Å². The molecule has 7 heteroatoms. The normalized spacial score (nSPS) is 14.2. The standard InChI is InChI=1S/C19H20N2O5/c1-13(14-5-3-6-16(11-14)21(23)24)20(2)19(22)15-7-8-17-18(12-15)26-10-4-9-25-17/h3,5-8,11-13H,4,9-10H2,1-2H3. The molecule has 1 aliphatic rings. The van der Waals surface area contributed by atoms with Crippen molar-refractivity contribution in [2.75, 3.05) is 20.3 Å². The Kier molecular flexibility index (Phi) is 5.06.